The molecule has 0 bridgehead atoms. The number of aryl methyl sites for hydroxylation is 1. The third-order valence-electron chi connectivity index (χ3n) is 7.70. The quantitative estimate of drug-likeness (QED) is 0.267. The molecule has 9 nitrogen and oxygen atoms in total. The number of fused-ring (bicyclic) bond motifs is 1. The number of aromatic nitrogens is 3. The van der Waals surface area contributed by atoms with Gasteiger partial charge >= 0.3 is 11.8 Å². The molecule has 4 aromatic rings. The number of aromatic hydroxyl groups is 1. The summed E-state index contributed by atoms with van der Waals surface area (Å²) in [5, 5.41) is 11.2. The van der Waals surface area contributed by atoms with Crippen LogP contribution in [0, 0.1) is 12.7 Å². The van der Waals surface area contributed by atoms with Gasteiger partial charge in [0.2, 0.25) is 0 Å². The Morgan fingerprint density at radius 2 is 1.84 bits per heavy atom. The summed E-state index contributed by atoms with van der Waals surface area (Å²) in [6.45, 7) is 14.4. The molecular weight excluding hydrogens is 585 g/mol. The van der Waals surface area contributed by atoms with E-state index in [0.29, 0.717) is 36.5 Å². The second-order valence-corrected chi connectivity index (χ2v) is 12.9. The predicted molar refractivity (Wildman–Crippen MR) is 171 cm³/mol. The van der Waals surface area contributed by atoms with Crippen LogP contribution < -0.4 is 10.6 Å². The van der Waals surface area contributed by atoms with E-state index in [1.807, 2.05) is 71.6 Å². The number of hydrogen-bond acceptors (Lipinski definition) is 7. The Balaban J connectivity index is 1.74. The number of anilines is 1. The minimum Gasteiger partial charge on any atom is -0.507 e. The maximum atomic E-state index is 15.1. The lowest BCUT2D eigenvalue weighted by Crippen LogP contribution is -2.55. The molecule has 1 fully saturated rings. The number of ether oxygens (including phenoxy) is 1. The van der Waals surface area contributed by atoms with E-state index in [-0.39, 0.29) is 39.6 Å². The van der Waals surface area contributed by atoms with Crippen molar-refractivity contribution in [3.63, 3.8) is 0 Å². The van der Waals surface area contributed by atoms with Gasteiger partial charge in [-0.25, -0.2) is 23.5 Å². The molecule has 1 N–H and O–H groups in total. The Labute approximate surface area is 260 Å². The Morgan fingerprint density at radius 1 is 1.14 bits per heavy atom. The molecule has 1 saturated heterocycles. The Hall–Kier alpha value is -4.18. The first kappa shape index (κ1) is 31.3. The van der Waals surface area contributed by atoms with Crippen LogP contribution in [0.4, 0.5) is 15.0 Å². The predicted octanol–water partition coefficient (Wildman–Crippen LogP) is 6.82. The Morgan fingerprint density at radius 3 is 2.48 bits per heavy atom. The number of benzene rings is 2. The van der Waals surface area contributed by atoms with Crippen molar-refractivity contribution in [1.29, 1.82) is 0 Å². The number of phenolic OH excluding ortho intramolecular Hbond substituents is 1. The van der Waals surface area contributed by atoms with Crippen molar-refractivity contribution in [2.24, 2.45) is 0 Å². The summed E-state index contributed by atoms with van der Waals surface area (Å²) in [5.74, 6) is -0.606. The number of rotatable bonds is 4. The van der Waals surface area contributed by atoms with E-state index in [4.69, 9.17) is 21.3 Å². The van der Waals surface area contributed by atoms with Crippen molar-refractivity contribution in [3.8, 4) is 22.7 Å². The first-order valence-electron chi connectivity index (χ1n) is 14.6. The normalized spacial score (nSPS) is 15.7. The number of amides is 1. The van der Waals surface area contributed by atoms with E-state index in [9.17, 15) is 14.7 Å². The minimum absolute atomic E-state index is 0.00235. The number of phenols is 1. The van der Waals surface area contributed by atoms with Gasteiger partial charge in [-0.3, -0.25) is 0 Å². The van der Waals surface area contributed by atoms with Gasteiger partial charge in [-0.15, -0.1) is 0 Å². The third-order valence-corrected chi connectivity index (χ3v) is 7.98. The zero-order chi connectivity index (χ0) is 32.1. The largest absolute Gasteiger partial charge is 0.507 e. The van der Waals surface area contributed by atoms with Crippen LogP contribution in [0.5, 0.6) is 5.75 Å². The van der Waals surface area contributed by atoms with Gasteiger partial charge in [0.15, 0.2) is 5.65 Å². The molecule has 1 unspecified atom stereocenters. The van der Waals surface area contributed by atoms with Gasteiger partial charge < -0.3 is 19.6 Å². The molecule has 3 heterocycles. The summed E-state index contributed by atoms with van der Waals surface area (Å²) in [4.78, 5) is 39.8. The van der Waals surface area contributed by atoms with Crippen molar-refractivity contribution in [1.82, 2.24) is 19.4 Å². The fraction of sp³-hybridized carbons (Fsp3) is 0.394. The number of hydrogen-bond donors (Lipinski definition) is 1. The van der Waals surface area contributed by atoms with Crippen LogP contribution in [0.2, 0.25) is 5.02 Å². The second-order valence-electron chi connectivity index (χ2n) is 12.5. The van der Waals surface area contributed by atoms with Crippen LogP contribution in [0.3, 0.4) is 0 Å². The first-order valence-corrected chi connectivity index (χ1v) is 15.0. The minimum atomic E-state index is -0.701. The number of halogens is 2. The molecule has 1 aliphatic heterocycles. The van der Waals surface area contributed by atoms with E-state index in [2.05, 4.69) is 4.98 Å². The van der Waals surface area contributed by atoms with E-state index in [1.165, 1.54) is 22.8 Å². The van der Waals surface area contributed by atoms with Gasteiger partial charge in [-0.2, -0.15) is 4.98 Å². The number of carbonyl (C=O) groups is 1. The smallest absolute Gasteiger partial charge is 0.410 e. The van der Waals surface area contributed by atoms with E-state index < -0.39 is 23.2 Å². The lowest BCUT2D eigenvalue weighted by Gasteiger charge is -2.41. The van der Waals surface area contributed by atoms with Crippen molar-refractivity contribution in [2.45, 2.75) is 66.0 Å². The highest BCUT2D eigenvalue weighted by molar-refractivity contribution is 6.34. The van der Waals surface area contributed by atoms with Crippen LogP contribution in [0.25, 0.3) is 28.0 Å². The van der Waals surface area contributed by atoms with Gasteiger partial charge in [-0.05, 0) is 69.9 Å². The fourth-order valence-electron chi connectivity index (χ4n) is 5.67. The summed E-state index contributed by atoms with van der Waals surface area (Å²) < 4.78 is 22.1. The molecule has 1 atom stereocenters. The van der Waals surface area contributed by atoms with Gasteiger partial charge in [0.25, 0.3) is 0 Å². The summed E-state index contributed by atoms with van der Waals surface area (Å²) in [6.07, 6.45) is -0.406. The molecule has 5 rings (SSSR count). The summed E-state index contributed by atoms with van der Waals surface area (Å²) in [7, 11) is 0. The van der Waals surface area contributed by atoms with Crippen LogP contribution >= 0.6 is 11.6 Å². The lowest BCUT2D eigenvalue weighted by molar-refractivity contribution is 0.0218. The maximum absolute atomic E-state index is 15.1. The van der Waals surface area contributed by atoms with Crippen LogP contribution in [0.1, 0.15) is 58.6 Å². The number of pyridine rings is 1. The number of para-hydroxylation sites is 1. The zero-order valence-electron chi connectivity index (χ0n) is 26.0. The molecule has 0 saturated carbocycles. The average molecular weight is 622 g/mol. The molecule has 0 radical (unpaired) electrons. The molecule has 2 aromatic heterocycles. The molecular formula is C33H37ClFN5O4. The van der Waals surface area contributed by atoms with Crippen molar-refractivity contribution in [3.05, 3.63) is 74.9 Å². The van der Waals surface area contributed by atoms with E-state index >= 15 is 4.39 Å². The second kappa shape index (κ2) is 11.7. The summed E-state index contributed by atoms with van der Waals surface area (Å²) in [6, 6.07) is 11.1. The Bertz CT molecular complexity index is 1800. The van der Waals surface area contributed by atoms with Crippen molar-refractivity contribution < 1.29 is 19.0 Å². The van der Waals surface area contributed by atoms with Gasteiger partial charge in [0.05, 0.1) is 27.4 Å². The molecule has 1 aliphatic rings. The van der Waals surface area contributed by atoms with Crippen LogP contribution in [-0.2, 0) is 4.74 Å². The summed E-state index contributed by atoms with van der Waals surface area (Å²) in [5.41, 5.74) is 1.25. The van der Waals surface area contributed by atoms with Crippen molar-refractivity contribution >= 4 is 34.5 Å². The zero-order valence-corrected chi connectivity index (χ0v) is 26.7. The number of carbonyl (C=O) groups excluding carboxylic acids is 1. The number of nitrogens with zero attached hydrogens (tertiary/aromatic N) is 5. The van der Waals surface area contributed by atoms with Gasteiger partial charge in [0.1, 0.15) is 23.0 Å². The van der Waals surface area contributed by atoms with Gasteiger partial charge in [0, 0.05) is 25.7 Å². The van der Waals surface area contributed by atoms with E-state index in [0.717, 1.165) is 11.1 Å². The summed E-state index contributed by atoms with van der Waals surface area (Å²) >= 11 is 6.76. The fourth-order valence-corrected chi connectivity index (χ4v) is 5.91. The molecule has 2 aromatic carbocycles. The SMILES string of the molecule is Cc1cccc(C(C)C)c1-n1c(=O)nc(N2CCN(C(=O)OC(C)(C)C)CC2C)c2cc(Cl)c(-c3c(O)cccc3F)nc21. The van der Waals surface area contributed by atoms with Gasteiger partial charge in [-0.1, -0.05) is 49.7 Å². The highest BCUT2D eigenvalue weighted by Gasteiger charge is 2.33. The first-order chi connectivity index (χ1) is 20.7. The highest BCUT2D eigenvalue weighted by Crippen LogP contribution is 2.39. The van der Waals surface area contributed by atoms with Crippen LogP contribution in [0.15, 0.2) is 47.3 Å². The van der Waals surface area contributed by atoms with E-state index in [1.54, 1.807) is 11.0 Å². The third kappa shape index (κ3) is 5.83. The molecule has 11 heteroatoms. The maximum Gasteiger partial charge on any atom is 0.410 e. The average Bonchev–Trinajstić information content (AvgIpc) is 2.92. The molecule has 0 aliphatic carbocycles. The lowest BCUT2D eigenvalue weighted by atomic mass is 9.98. The topological polar surface area (TPSA) is 101 Å². The highest BCUT2D eigenvalue weighted by atomic mass is 35.5. The molecule has 44 heavy (non-hydrogen) atoms. The molecule has 1 amide bonds. The number of piperazine rings is 1. The standard InChI is InChI=1S/C33H37ClFN5O4/c1-18(2)21-11-8-10-19(3)28(21)40-30-22(16-23(34)27(36-30)26-24(35)12-9-13-25(26)41)29(37-31(40)42)39-15-14-38(17-20(39)4)32(43)44-33(5,6)7/h8-13,16,18,20,41H,14-15,17H2,1-7H3. The monoisotopic (exact) mass is 621 g/mol. The Kier molecular flexibility index (Phi) is 8.33. The van der Waals surface area contributed by atoms with Crippen LogP contribution in [-0.4, -0.2) is 61.9 Å². The molecule has 0 spiro atoms. The molecule has 232 valence electrons. The van der Waals surface area contributed by atoms with Crippen molar-refractivity contribution in [2.75, 3.05) is 24.5 Å².